The number of hydrogen-bond donors (Lipinski definition) is 1. The second kappa shape index (κ2) is 5.20. The number of anilines is 1. The predicted octanol–water partition coefficient (Wildman–Crippen LogP) is 4.16. The Labute approximate surface area is 126 Å². The van der Waals surface area contributed by atoms with Crippen molar-refractivity contribution in [2.75, 3.05) is 5.73 Å². The van der Waals surface area contributed by atoms with E-state index in [4.69, 9.17) is 10.2 Å². The van der Waals surface area contributed by atoms with Crippen LogP contribution in [-0.4, -0.2) is 9.97 Å². The minimum absolute atomic E-state index is 0.469. The van der Waals surface area contributed by atoms with Crippen molar-refractivity contribution in [2.24, 2.45) is 5.92 Å². The summed E-state index contributed by atoms with van der Waals surface area (Å²) >= 11 is 3.45. The molecule has 2 heterocycles. The van der Waals surface area contributed by atoms with E-state index in [-0.39, 0.29) is 0 Å². The normalized spacial score (nSPS) is 21.1. The molecule has 0 bridgehead atoms. The van der Waals surface area contributed by atoms with Gasteiger partial charge in [0.15, 0.2) is 11.6 Å². The van der Waals surface area contributed by atoms with Gasteiger partial charge in [0.2, 0.25) is 0 Å². The first kappa shape index (κ1) is 13.6. The highest BCUT2D eigenvalue weighted by Crippen LogP contribution is 2.47. The van der Waals surface area contributed by atoms with Crippen LogP contribution in [0.2, 0.25) is 0 Å². The molecule has 0 aliphatic heterocycles. The first-order valence-corrected chi connectivity index (χ1v) is 7.81. The van der Waals surface area contributed by atoms with Crippen molar-refractivity contribution >= 4 is 21.7 Å². The standard InChI is InChI=1S/C15H18BrN3O/c1-3-4-10-13(16)14(17)19-15(18-10)12-6-5-11(20-12)9-7-8(9)2/h5-6,8-9H,3-4,7H2,1-2H3,(H2,17,18,19). The second-order valence-electron chi connectivity index (χ2n) is 5.46. The number of halogens is 1. The van der Waals surface area contributed by atoms with Gasteiger partial charge >= 0.3 is 0 Å². The summed E-state index contributed by atoms with van der Waals surface area (Å²) in [4.78, 5) is 8.90. The maximum Gasteiger partial charge on any atom is 0.197 e. The van der Waals surface area contributed by atoms with E-state index in [1.54, 1.807) is 0 Å². The van der Waals surface area contributed by atoms with Crippen LogP contribution in [-0.2, 0) is 6.42 Å². The van der Waals surface area contributed by atoms with Crippen LogP contribution < -0.4 is 5.73 Å². The minimum atomic E-state index is 0.469. The smallest absolute Gasteiger partial charge is 0.197 e. The SMILES string of the molecule is CCCc1nc(-c2ccc(C3CC3C)o2)nc(N)c1Br. The summed E-state index contributed by atoms with van der Waals surface area (Å²) in [6.07, 6.45) is 3.09. The van der Waals surface area contributed by atoms with Crippen molar-refractivity contribution in [1.29, 1.82) is 0 Å². The molecule has 20 heavy (non-hydrogen) atoms. The molecular weight excluding hydrogens is 318 g/mol. The molecule has 1 fully saturated rings. The summed E-state index contributed by atoms with van der Waals surface area (Å²) in [6, 6.07) is 3.98. The van der Waals surface area contributed by atoms with Crippen molar-refractivity contribution in [3.8, 4) is 11.6 Å². The van der Waals surface area contributed by atoms with E-state index in [0.29, 0.717) is 23.3 Å². The third-order valence-corrected chi connectivity index (χ3v) is 4.62. The van der Waals surface area contributed by atoms with Crippen LogP contribution >= 0.6 is 15.9 Å². The van der Waals surface area contributed by atoms with E-state index in [2.05, 4.69) is 39.7 Å². The molecule has 106 valence electrons. The number of nitrogen functional groups attached to an aromatic ring is 1. The van der Waals surface area contributed by atoms with Crippen LogP contribution in [0.3, 0.4) is 0 Å². The van der Waals surface area contributed by atoms with E-state index in [1.807, 2.05) is 12.1 Å². The quantitative estimate of drug-likeness (QED) is 0.911. The molecule has 1 aliphatic rings. The highest BCUT2D eigenvalue weighted by Gasteiger charge is 2.36. The molecule has 0 radical (unpaired) electrons. The predicted molar refractivity (Wildman–Crippen MR) is 82.4 cm³/mol. The number of rotatable bonds is 4. The van der Waals surface area contributed by atoms with Gasteiger partial charge in [-0.25, -0.2) is 9.97 Å². The highest BCUT2D eigenvalue weighted by molar-refractivity contribution is 9.10. The van der Waals surface area contributed by atoms with E-state index >= 15 is 0 Å². The number of furan rings is 1. The first-order chi connectivity index (χ1) is 9.60. The van der Waals surface area contributed by atoms with Gasteiger partial charge in [-0.15, -0.1) is 0 Å². The largest absolute Gasteiger partial charge is 0.457 e. The van der Waals surface area contributed by atoms with Crippen molar-refractivity contribution < 1.29 is 4.42 Å². The van der Waals surface area contributed by atoms with Gasteiger partial charge in [0.05, 0.1) is 10.2 Å². The fourth-order valence-corrected chi connectivity index (χ4v) is 2.79. The Hall–Kier alpha value is -1.36. The third kappa shape index (κ3) is 2.46. The lowest BCUT2D eigenvalue weighted by molar-refractivity contribution is 0.514. The molecule has 0 amide bonds. The Balaban J connectivity index is 1.95. The average molecular weight is 336 g/mol. The first-order valence-electron chi connectivity index (χ1n) is 7.02. The lowest BCUT2D eigenvalue weighted by atomic mass is 10.2. The Kier molecular flexibility index (Phi) is 3.54. The van der Waals surface area contributed by atoms with Gasteiger partial charge in [0.25, 0.3) is 0 Å². The molecule has 2 unspecified atom stereocenters. The minimum Gasteiger partial charge on any atom is -0.457 e. The molecule has 1 aliphatic carbocycles. The Bertz CT molecular complexity index is 638. The summed E-state index contributed by atoms with van der Waals surface area (Å²) in [7, 11) is 0. The topological polar surface area (TPSA) is 64.9 Å². The molecule has 1 saturated carbocycles. The molecule has 5 heteroatoms. The Morgan fingerprint density at radius 3 is 2.80 bits per heavy atom. The van der Waals surface area contributed by atoms with Crippen molar-refractivity contribution in [1.82, 2.24) is 9.97 Å². The molecule has 2 aromatic heterocycles. The Morgan fingerprint density at radius 1 is 1.40 bits per heavy atom. The van der Waals surface area contributed by atoms with Gasteiger partial charge in [0, 0.05) is 5.92 Å². The van der Waals surface area contributed by atoms with Gasteiger partial charge in [-0.2, -0.15) is 0 Å². The van der Waals surface area contributed by atoms with E-state index in [1.165, 1.54) is 6.42 Å². The highest BCUT2D eigenvalue weighted by atomic mass is 79.9. The zero-order valence-corrected chi connectivity index (χ0v) is 13.3. The zero-order chi connectivity index (χ0) is 14.3. The monoisotopic (exact) mass is 335 g/mol. The lowest BCUT2D eigenvalue weighted by Gasteiger charge is -2.06. The van der Waals surface area contributed by atoms with E-state index in [9.17, 15) is 0 Å². The van der Waals surface area contributed by atoms with Crippen LogP contribution in [0, 0.1) is 5.92 Å². The van der Waals surface area contributed by atoms with Crippen molar-refractivity contribution in [3.63, 3.8) is 0 Å². The van der Waals surface area contributed by atoms with Crippen LogP contribution in [0.5, 0.6) is 0 Å². The van der Waals surface area contributed by atoms with Crippen molar-refractivity contribution in [3.05, 3.63) is 28.1 Å². The van der Waals surface area contributed by atoms with Crippen LogP contribution in [0.1, 0.15) is 44.1 Å². The average Bonchev–Trinajstić information content (AvgIpc) is 2.96. The van der Waals surface area contributed by atoms with Gasteiger partial charge in [-0.05, 0) is 46.8 Å². The second-order valence-corrected chi connectivity index (χ2v) is 6.26. The van der Waals surface area contributed by atoms with E-state index < -0.39 is 0 Å². The third-order valence-electron chi connectivity index (χ3n) is 3.75. The maximum atomic E-state index is 5.95. The zero-order valence-electron chi connectivity index (χ0n) is 11.7. The summed E-state index contributed by atoms with van der Waals surface area (Å²) in [5, 5.41) is 0. The summed E-state index contributed by atoms with van der Waals surface area (Å²) in [5.41, 5.74) is 6.89. The van der Waals surface area contributed by atoms with Crippen LogP contribution in [0.4, 0.5) is 5.82 Å². The van der Waals surface area contributed by atoms with Crippen molar-refractivity contribution in [2.45, 2.75) is 39.0 Å². The molecule has 0 spiro atoms. The molecular formula is C15H18BrN3O. The fraction of sp³-hybridized carbons (Fsp3) is 0.467. The summed E-state index contributed by atoms with van der Waals surface area (Å²) in [6.45, 7) is 4.35. The van der Waals surface area contributed by atoms with Gasteiger partial charge in [-0.1, -0.05) is 20.3 Å². The summed E-state index contributed by atoms with van der Waals surface area (Å²) < 4.78 is 6.69. The maximum absolute atomic E-state index is 5.95. The van der Waals surface area contributed by atoms with E-state index in [0.717, 1.165) is 34.7 Å². The van der Waals surface area contributed by atoms with Gasteiger partial charge in [-0.3, -0.25) is 0 Å². The fourth-order valence-electron chi connectivity index (χ4n) is 2.42. The molecule has 2 aromatic rings. The van der Waals surface area contributed by atoms with Crippen LogP contribution in [0.15, 0.2) is 21.0 Å². The lowest BCUT2D eigenvalue weighted by Crippen LogP contribution is -2.02. The number of nitrogens with zero attached hydrogens (tertiary/aromatic N) is 2. The molecule has 3 rings (SSSR count). The summed E-state index contributed by atoms with van der Waals surface area (Å²) in [5.74, 6) is 4.07. The molecule has 0 aromatic carbocycles. The van der Waals surface area contributed by atoms with Crippen LogP contribution in [0.25, 0.3) is 11.6 Å². The number of aryl methyl sites for hydroxylation is 1. The molecule has 4 nitrogen and oxygen atoms in total. The number of hydrogen-bond acceptors (Lipinski definition) is 4. The Morgan fingerprint density at radius 2 is 2.15 bits per heavy atom. The van der Waals surface area contributed by atoms with Gasteiger partial charge < -0.3 is 10.2 Å². The van der Waals surface area contributed by atoms with Gasteiger partial charge in [0.1, 0.15) is 11.6 Å². The molecule has 2 atom stereocenters. The molecule has 2 N–H and O–H groups in total. The molecule has 0 saturated heterocycles. The number of aromatic nitrogens is 2. The number of nitrogens with two attached hydrogens (primary N) is 1.